The Bertz CT molecular complexity index is 537. The first-order valence-corrected chi connectivity index (χ1v) is 5.75. The highest BCUT2D eigenvalue weighted by Gasteiger charge is 2.08. The Hall–Kier alpha value is -1.55. The molecule has 0 saturated carbocycles. The molecule has 1 N–H and O–H groups in total. The van der Waals surface area contributed by atoms with E-state index in [1.807, 2.05) is 20.0 Å². The van der Waals surface area contributed by atoms with Crippen molar-refractivity contribution in [3.05, 3.63) is 40.9 Å². The summed E-state index contributed by atoms with van der Waals surface area (Å²) in [4.78, 5) is 4.33. The highest BCUT2D eigenvalue weighted by Crippen LogP contribution is 2.21. The average molecular weight is 254 g/mol. The molecule has 2 aromatic rings. The number of imidazole rings is 1. The Balaban J connectivity index is 2.47. The second kappa shape index (κ2) is 4.75. The van der Waals surface area contributed by atoms with E-state index in [0.717, 1.165) is 12.2 Å². The van der Waals surface area contributed by atoms with Gasteiger partial charge in [-0.2, -0.15) is 0 Å². The molecular formula is C12H13ClFN3. The molecule has 0 saturated heterocycles. The van der Waals surface area contributed by atoms with Crippen LogP contribution in [0.3, 0.4) is 0 Å². The van der Waals surface area contributed by atoms with Crippen molar-refractivity contribution in [1.29, 1.82) is 0 Å². The molecule has 5 heteroatoms. The number of hydrogen-bond acceptors (Lipinski definition) is 2. The van der Waals surface area contributed by atoms with E-state index in [0.29, 0.717) is 11.6 Å². The molecule has 0 spiro atoms. The molecule has 0 fully saturated rings. The molecule has 0 aliphatic heterocycles. The van der Waals surface area contributed by atoms with Gasteiger partial charge in [-0.05, 0) is 32.0 Å². The summed E-state index contributed by atoms with van der Waals surface area (Å²) in [5, 5.41) is 3.25. The van der Waals surface area contributed by atoms with Crippen LogP contribution in [0, 0.1) is 12.7 Å². The second-order valence-corrected chi connectivity index (χ2v) is 4.11. The van der Waals surface area contributed by atoms with Crippen molar-refractivity contribution in [1.82, 2.24) is 9.55 Å². The van der Waals surface area contributed by atoms with Crippen LogP contribution in [0.4, 0.5) is 10.3 Å². The zero-order valence-corrected chi connectivity index (χ0v) is 10.4. The molecule has 0 radical (unpaired) electrons. The smallest absolute Gasteiger partial charge is 0.207 e. The Kier molecular flexibility index (Phi) is 3.33. The fourth-order valence-corrected chi connectivity index (χ4v) is 1.73. The van der Waals surface area contributed by atoms with Crippen molar-refractivity contribution in [3.8, 4) is 5.69 Å². The van der Waals surface area contributed by atoms with E-state index < -0.39 is 5.82 Å². The summed E-state index contributed by atoms with van der Waals surface area (Å²) < 4.78 is 15.2. The summed E-state index contributed by atoms with van der Waals surface area (Å²) in [6.45, 7) is 4.63. The van der Waals surface area contributed by atoms with Crippen LogP contribution in [0.1, 0.15) is 12.6 Å². The van der Waals surface area contributed by atoms with Crippen LogP contribution in [-0.2, 0) is 0 Å². The lowest BCUT2D eigenvalue weighted by Crippen LogP contribution is -2.05. The molecule has 1 aromatic heterocycles. The molecule has 3 nitrogen and oxygen atoms in total. The van der Waals surface area contributed by atoms with Gasteiger partial charge in [0, 0.05) is 12.7 Å². The van der Waals surface area contributed by atoms with Crippen molar-refractivity contribution in [2.75, 3.05) is 11.9 Å². The van der Waals surface area contributed by atoms with Crippen molar-refractivity contribution >= 4 is 17.5 Å². The molecule has 0 unspecified atom stereocenters. The van der Waals surface area contributed by atoms with Crippen LogP contribution in [0.2, 0.25) is 5.02 Å². The molecule has 90 valence electrons. The number of aryl methyl sites for hydroxylation is 1. The first-order valence-electron chi connectivity index (χ1n) is 5.37. The monoisotopic (exact) mass is 253 g/mol. The highest BCUT2D eigenvalue weighted by atomic mass is 35.5. The van der Waals surface area contributed by atoms with Gasteiger partial charge in [0.25, 0.3) is 0 Å². The Morgan fingerprint density at radius 1 is 1.47 bits per heavy atom. The van der Waals surface area contributed by atoms with E-state index >= 15 is 0 Å². The van der Waals surface area contributed by atoms with Crippen LogP contribution >= 0.6 is 11.6 Å². The van der Waals surface area contributed by atoms with Crippen molar-refractivity contribution in [3.63, 3.8) is 0 Å². The minimum atomic E-state index is -0.432. The number of benzene rings is 1. The third kappa shape index (κ3) is 2.42. The SMILES string of the molecule is CCNc1nc(C)cn1-c1ccc(Cl)c(F)c1. The lowest BCUT2D eigenvalue weighted by molar-refractivity contribution is 0.627. The van der Waals surface area contributed by atoms with Gasteiger partial charge in [-0.15, -0.1) is 0 Å². The quantitative estimate of drug-likeness (QED) is 0.909. The molecule has 0 bridgehead atoms. The van der Waals surface area contributed by atoms with Crippen LogP contribution in [0.15, 0.2) is 24.4 Å². The number of anilines is 1. The minimum absolute atomic E-state index is 0.121. The number of hydrogen-bond donors (Lipinski definition) is 1. The number of nitrogens with zero attached hydrogens (tertiary/aromatic N) is 2. The Labute approximate surface area is 104 Å². The molecular weight excluding hydrogens is 241 g/mol. The van der Waals surface area contributed by atoms with E-state index in [1.54, 1.807) is 10.6 Å². The summed E-state index contributed by atoms with van der Waals surface area (Å²) in [6, 6.07) is 4.69. The zero-order chi connectivity index (χ0) is 12.4. The standard InChI is InChI=1S/C12H13ClFN3/c1-3-15-12-16-8(2)7-17(12)9-4-5-10(13)11(14)6-9/h4-7H,3H2,1-2H3,(H,15,16). The highest BCUT2D eigenvalue weighted by molar-refractivity contribution is 6.30. The van der Waals surface area contributed by atoms with Gasteiger partial charge in [0.15, 0.2) is 0 Å². The number of rotatable bonds is 3. The van der Waals surface area contributed by atoms with Crippen LogP contribution < -0.4 is 5.32 Å². The number of halogens is 2. The Morgan fingerprint density at radius 3 is 2.88 bits per heavy atom. The molecule has 1 aromatic carbocycles. The molecule has 1 heterocycles. The summed E-state index contributed by atoms with van der Waals surface area (Å²) in [6.07, 6.45) is 1.85. The average Bonchev–Trinajstić information content (AvgIpc) is 2.64. The topological polar surface area (TPSA) is 29.9 Å². The van der Waals surface area contributed by atoms with E-state index in [9.17, 15) is 4.39 Å². The van der Waals surface area contributed by atoms with Crippen LogP contribution in [0.25, 0.3) is 5.69 Å². The lowest BCUT2D eigenvalue weighted by atomic mass is 10.3. The number of nitrogens with one attached hydrogen (secondary N) is 1. The molecule has 2 rings (SSSR count). The van der Waals surface area contributed by atoms with Gasteiger partial charge in [-0.25, -0.2) is 9.37 Å². The lowest BCUT2D eigenvalue weighted by Gasteiger charge is -2.08. The van der Waals surface area contributed by atoms with Crippen molar-refractivity contribution in [2.24, 2.45) is 0 Å². The fraction of sp³-hybridized carbons (Fsp3) is 0.250. The van der Waals surface area contributed by atoms with Gasteiger partial charge >= 0.3 is 0 Å². The van der Waals surface area contributed by atoms with Crippen molar-refractivity contribution in [2.45, 2.75) is 13.8 Å². The summed E-state index contributed by atoms with van der Waals surface area (Å²) in [7, 11) is 0. The maximum atomic E-state index is 13.4. The maximum Gasteiger partial charge on any atom is 0.207 e. The van der Waals surface area contributed by atoms with Crippen molar-refractivity contribution < 1.29 is 4.39 Å². The van der Waals surface area contributed by atoms with E-state index in [1.165, 1.54) is 12.1 Å². The molecule has 0 aliphatic rings. The third-order valence-electron chi connectivity index (χ3n) is 2.34. The van der Waals surface area contributed by atoms with E-state index in [2.05, 4.69) is 10.3 Å². The van der Waals surface area contributed by atoms with Gasteiger partial charge in [-0.3, -0.25) is 4.57 Å². The normalized spacial score (nSPS) is 10.6. The summed E-state index contributed by atoms with van der Waals surface area (Å²) >= 11 is 5.66. The third-order valence-corrected chi connectivity index (χ3v) is 2.65. The van der Waals surface area contributed by atoms with Gasteiger partial charge in [0.05, 0.1) is 16.4 Å². The summed E-state index contributed by atoms with van der Waals surface area (Å²) in [5.74, 6) is 0.268. The second-order valence-electron chi connectivity index (χ2n) is 3.70. The van der Waals surface area contributed by atoms with Gasteiger partial charge in [0.2, 0.25) is 5.95 Å². The van der Waals surface area contributed by atoms with E-state index in [-0.39, 0.29) is 5.02 Å². The molecule has 0 atom stereocenters. The summed E-state index contributed by atoms with van der Waals surface area (Å²) in [5.41, 5.74) is 1.57. The number of aromatic nitrogens is 2. The molecule has 17 heavy (non-hydrogen) atoms. The maximum absolute atomic E-state index is 13.4. The predicted molar refractivity (Wildman–Crippen MR) is 67.4 cm³/mol. The van der Waals surface area contributed by atoms with E-state index in [4.69, 9.17) is 11.6 Å². The minimum Gasteiger partial charge on any atom is -0.356 e. The van der Waals surface area contributed by atoms with Crippen LogP contribution in [-0.4, -0.2) is 16.1 Å². The van der Waals surface area contributed by atoms with Crippen LogP contribution in [0.5, 0.6) is 0 Å². The first-order chi connectivity index (χ1) is 8.11. The first kappa shape index (κ1) is 11.9. The molecule has 0 aliphatic carbocycles. The van der Waals surface area contributed by atoms with Gasteiger partial charge in [-0.1, -0.05) is 11.6 Å². The largest absolute Gasteiger partial charge is 0.356 e. The van der Waals surface area contributed by atoms with Gasteiger partial charge < -0.3 is 5.32 Å². The Morgan fingerprint density at radius 2 is 2.24 bits per heavy atom. The zero-order valence-electron chi connectivity index (χ0n) is 9.67. The molecule has 0 amide bonds. The predicted octanol–water partition coefficient (Wildman–Crippen LogP) is 3.41. The fourth-order valence-electron chi connectivity index (χ4n) is 1.61. The van der Waals surface area contributed by atoms with Gasteiger partial charge in [0.1, 0.15) is 5.82 Å².